The van der Waals surface area contributed by atoms with Gasteiger partial charge in [-0.25, -0.2) is 4.39 Å². The van der Waals surface area contributed by atoms with Crippen molar-refractivity contribution < 1.29 is 9.18 Å². The predicted octanol–water partition coefficient (Wildman–Crippen LogP) is 3.13. The Hall–Kier alpha value is -0.460. The fourth-order valence-electron chi connectivity index (χ4n) is 2.35. The van der Waals surface area contributed by atoms with E-state index in [0.29, 0.717) is 13.1 Å². The van der Waals surface area contributed by atoms with Gasteiger partial charge in [-0.05, 0) is 31.2 Å². The summed E-state index contributed by atoms with van der Waals surface area (Å²) in [5.41, 5.74) is 0.147. The van der Waals surface area contributed by atoms with Crippen LogP contribution in [0.3, 0.4) is 0 Å². The largest absolute Gasteiger partial charge is 0.337 e. The number of halogens is 3. The molecule has 3 nitrogen and oxygen atoms in total. The zero-order valence-electron chi connectivity index (χ0n) is 11.1. The molecule has 1 aromatic rings. The molecule has 1 aliphatic rings. The number of amides is 1. The van der Waals surface area contributed by atoms with Crippen LogP contribution in [-0.2, 0) is 0 Å². The molecule has 1 fully saturated rings. The van der Waals surface area contributed by atoms with Gasteiger partial charge in [0, 0.05) is 36.0 Å². The van der Waals surface area contributed by atoms with Gasteiger partial charge >= 0.3 is 0 Å². The van der Waals surface area contributed by atoms with Crippen molar-refractivity contribution >= 4 is 37.8 Å². The summed E-state index contributed by atoms with van der Waals surface area (Å²) in [4.78, 5) is 16.5. The fraction of sp³-hybridized carbons (Fsp3) is 0.500. The van der Waals surface area contributed by atoms with Crippen molar-refractivity contribution in [1.82, 2.24) is 9.80 Å². The molecule has 1 aliphatic heterocycles. The molecule has 110 valence electrons. The normalized spacial score (nSPS) is 17.1. The Morgan fingerprint density at radius 1 is 1.25 bits per heavy atom. The molecule has 0 atom stereocenters. The molecule has 0 saturated carbocycles. The zero-order valence-corrected chi connectivity index (χ0v) is 14.3. The number of carbonyl (C=O) groups excluding carboxylic acids is 1. The molecule has 1 saturated heterocycles. The van der Waals surface area contributed by atoms with Crippen LogP contribution in [0.2, 0.25) is 0 Å². The van der Waals surface area contributed by atoms with Gasteiger partial charge in [0.25, 0.3) is 5.91 Å². The summed E-state index contributed by atoms with van der Waals surface area (Å²) in [6, 6.07) is 4.48. The number of nitrogens with zero attached hydrogens (tertiary/aromatic N) is 2. The molecule has 0 aromatic heterocycles. The van der Waals surface area contributed by atoms with Crippen molar-refractivity contribution in [2.75, 3.05) is 38.1 Å². The molecule has 1 aromatic carbocycles. The molecule has 0 N–H and O–H groups in total. The second-order valence-electron chi connectivity index (χ2n) is 4.80. The number of rotatable bonds is 3. The molecule has 0 aliphatic carbocycles. The van der Waals surface area contributed by atoms with Crippen LogP contribution in [0.15, 0.2) is 22.7 Å². The third-order valence-electron chi connectivity index (χ3n) is 3.44. The van der Waals surface area contributed by atoms with E-state index in [9.17, 15) is 9.18 Å². The number of hydrogen-bond donors (Lipinski definition) is 0. The van der Waals surface area contributed by atoms with Crippen LogP contribution in [0.1, 0.15) is 16.8 Å². The van der Waals surface area contributed by atoms with E-state index in [1.165, 1.54) is 6.07 Å². The molecule has 0 bridgehead atoms. The first-order valence-electron chi connectivity index (χ1n) is 6.64. The van der Waals surface area contributed by atoms with E-state index in [-0.39, 0.29) is 11.5 Å². The highest BCUT2D eigenvalue weighted by molar-refractivity contribution is 9.10. The summed E-state index contributed by atoms with van der Waals surface area (Å²) in [6.45, 7) is 4.14. The minimum absolute atomic E-state index is 0.147. The Labute approximate surface area is 135 Å². The minimum Gasteiger partial charge on any atom is -0.337 e. The van der Waals surface area contributed by atoms with Crippen LogP contribution in [0.4, 0.5) is 4.39 Å². The second-order valence-corrected chi connectivity index (χ2v) is 6.51. The Bertz CT molecular complexity index is 484. The number of carbonyl (C=O) groups is 1. The molecule has 0 radical (unpaired) electrons. The summed E-state index contributed by atoms with van der Waals surface area (Å²) < 4.78 is 14.5. The predicted molar refractivity (Wildman–Crippen MR) is 84.9 cm³/mol. The highest BCUT2D eigenvalue weighted by Gasteiger charge is 2.22. The molecule has 20 heavy (non-hydrogen) atoms. The van der Waals surface area contributed by atoms with Gasteiger partial charge in [-0.1, -0.05) is 31.9 Å². The van der Waals surface area contributed by atoms with Crippen LogP contribution in [0.5, 0.6) is 0 Å². The van der Waals surface area contributed by atoms with Crippen molar-refractivity contribution in [2.45, 2.75) is 6.42 Å². The van der Waals surface area contributed by atoms with E-state index in [1.807, 2.05) is 0 Å². The van der Waals surface area contributed by atoms with E-state index in [0.717, 1.165) is 35.9 Å². The van der Waals surface area contributed by atoms with Gasteiger partial charge in [0.15, 0.2) is 0 Å². The topological polar surface area (TPSA) is 23.6 Å². The van der Waals surface area contributed by atoms with Crippen LogP contribution in [-0.4, -0.2) is 53.8 Å². The maximum atomic E-state index is 13.8. The van der Waals surface area contributed by atoms with Gasteiger partial charge < -0.3 is 9.80 Å². The van der Waals surface area contributed by atoms with Crippen molar-refractivity contribution in [1.29, 1.82) is 0 Å². The average Bonchev–Trinajstić information content (AvgIpc) is 2.67. The molecule has 6 heteroatoms. The highest BCUT2D eigenvalue weighted by atomic mass is 79.9. The van der Waals surface area contributed by atoms with E-state index >= 15 is 0 Å². The maximum Gasteiger partial charge on any atom is 0.256 e. The number of hydrogen-bond acceptors (Lipinski definition) is 2. The Kier molecular flexibility index (Phi) is 5.99. The van der Waals surface area contributed by atoms with Crippen molar-refractivity contribution in [2.24, 2.45) is 0 Å². The van der Waals surface area contributed by atoms with Gasteiger partial charge in [-0.2, -0.15) is 0 Å². The summed E-state index contributed by atoms with van der Waals surface area (Å²) in [5, 5.41) is 0.932. The Morgan fingerprint density at radius 2 is 2.05 bits per heavy atom. The Balaban J connectivity index is 2.07. The lowest BCUT2D eigenvalue weighted by atomic mass is 10.2. The molecule has 2 rings (SSSR count). The second kappa shape index (κ2) is 7.52. The number of alkyl halides is 1. The maximum absolute atomic E-state index is 13.8. The summed E-state index contributed by atoms with van der Waals surface area (Å²) >= 11 is 6.71. The number of benzene rings is 1. The smallest absolute Gasteiger partial charge is 0.256 e. The SMILES string of the molecule is O=C(c1cc(Br)ccc1F)N1CCCN(CCBr)CC1. The first-order chi connectivity index (χ1) is 9.61. The van der Waals surface area contributed by atoms with Crippen LogP contribution >= 0.6 is 31.9 Å². The summed E-state index contributed by atoms with van der Waals surface area (Å²) in [5.74, 6) is -0.677. The van der Waals surface area contributed by atoms with E-state index in [2.05, 4.69) is 36.8 Å². The molecule has 0 unspecified atom stereocenters. The molecular formula is C14H17Br2FN2O. The Morgan fingerprint density at radius 3 is 2.80 bits per heavy atom. The van der Waals surface area contributed by atoms with Gasteiger partial charge in [0.2, 0.25) is 0 Å². The standard InChI is InChI=1S/C14H17Br2FN2O/c15-4-7-18-5-1-6-19(9-8-18)14(20)12-10-11(16)2-3-13(12)17/h2-3,10H,1,4-9H2. The lowest BCUT2D eigenvalue weighted by Gasteiger charge is -2.22. The van der Waals surface area contributed by atoms with E-state index in [1.54, 1.807) is 17.0 Å². The first kappa shape index (κ1) is 15.9. The van der Waals surface area contributed by atoms with Crippen molar-refractivity contribution in [3.63, 3.8) is 0 Å². The van der Waals surface area contributed by atoms with Crippen molar-refractivity contribution in [3.05, 3.63) is 34.1 Å². The average molecular weight is 408 g/mol. The molecule has 1 heterocycles. The lowest BCUT2D eigenvalue weighted by Crippen LogP contribution is -2.36. The van der Waals surface area contributed by atoms with Crippen LogP contribution < -0.4 is 0 Å². The molecule has 0 spiro atoms. The summed E-state index contributed by atoms with van der Waals surface area (Å²) in [6.07, 6.45) is 0.925. The quantitative estimate of drug-likeness (QED) is 0.718. The fourth-order valence-corrected chi connectivity index (χ4v) is 3.21. The van der Waals surface area contributed by atoms with E-state index in [4.69, 9.17) is 0 Å². The van der Waals surface area contributed by atoms with Gasteiger partial charge in [0.05, 0.1) is 5.56 Å². The first-order valence-corrected chi connectivity index (χ1v) is 8.56. The molecular weight excluding hydrogens is 391 g/mol. The minimum atomic E-state index is -0.459. The highest BCUT2D eigenvalue weighted by Crippen LogP contribution is 2.18. The van der Waals surface area contributed by atoms with Crippen LogP contribution in [0.25, 0.3) is 0 Å². The van der Waals surface area contributed by atoms with E-state index < -0.39 is 5.82 Å². The monoisotopic (exact) mass is 406 g/mol. The summed E-state index contributed by atoms with van der Waals surface area (Å²) in [7, 11) is 0. The lowest BCUT2D eigenvalue weighted by molar-refractivity contribution is 0.0757. The van der Waals surface area contributed by atoms with Gasteiger partial charge in [0.1, 0.15) is 5.82 Å². The zero-order chi connectivity index (χ0) is 14.5. The van der Waals surface area contributed by atoms with Gasteiger partial charge in [-0.15, -0.1) is 0 Å². The third kappa shape index (κ3) is 4.02. The molecule has 1 amide bonds. The van der Waals surface area contributed by atoms with Crippen LogP contribution in [0, 0.1) is 5.82 Å². The third-order valence-corrected chi connectivity index (χ3v) is 4.28. The van der Waals surface area contributed by atoms with Crippen molar-refractivity contribution in [3.8, 4) is 0 Å². The van der Waals surface area contributed by atoms with Gasteiger partial charge in [-0.3, -0.25) is 4.79 Å².